The number of ketones is 5. The molecule has 36 heteroatoms. The molecule has 0 saturated heterocycles. The average molecular weight is 1690 g/mol. The van der Waals surface area contributed by atoms with Gasteiger partial charge >= 0.3 is 42.3 Å². The van der Waals surface area contributed by atoms with Gasteiger partial charge in [-0.15, -0.1) is 0 Å². The minimum atomic E-state index is -1.72. The number of Topliss-reactive ketones (excluding diaryl/α,β-unsaturated/α-hetero) is 5. The molecule has 0 aromatic carbocycles. The van der Waals surface area contributed by atoms with Crippen molar-refractivity contribution in [2.45, 2.75) is 364 Å². The highest BCUT2D eigenvalue weighted by Gasteiger charge is 2.38. The van der Waals surface area contributed by atoms with E-state index in [0.717, 1.165) is 0 Å². The van der Waals surface area contributed by atoms with Crippen LogP contribution in [0.1, 0.15) is 301 Å². The molecule has 36 nitrogen and oxygen atoms in total. The van der Waals surface area contributed by atoms with Crippen LogP contribution in [0.25, 0.3) is 10.4 Å². The van der Waals surface area contributed by atoms with Crippen LogP contribution < -0.4 is 48.3 Å². The lowest BCUT2D eigenvalue weighted by Gasteiger charge is -2.27. The number of hydrogen-bond donors (Lipinski definition) is 9. The van der Waals surface area contributed by atoms with Crippen molar-refractivity contribution in [3.05, 3.63) is 10.4 Å². The summed E-state index contributed by atoms with van der Waals surface area (Å²) in [6.45, 7) is 37.4. The minimum absolute atomic E-state index is 0.0151. The summed E-state index contributed by atoms with van der Waals surface area (Å²) < 4.78 is 37.9. The summed E-state index contributed by atoms with van der Waals surface area (Å²) in [7, 11) is 0. The molecular formula is C83H142N12O24. The van der Waals surface area contributed by atoms with E-state index in [4.69, 9.17) is 44.4 Å². The summed E-state index contributed by atoms with van der Waals surface area (Å²) in [6, 6.07) is -5.97. The van der Waals surface area contributed by atoms with Gasteiger partial charge in [0.2, 0.25) is 29.5 Å². The molecular weight excluding hydrogens is 1550 g/mol. The van der Waals surface area contributed by atoms with Crippen LogP contribution in [0.15, 0.2) is 5.11 Å². The first-order chi connectivity index (χ1) is 54.6. The molecule has 0 saturated carbocycles. The molecule has 8 atom stereocenters. The van der Waals surface area contributed by atoms with Crippen molar-refractivity contribution in [1.29, 1.82) is 0 Å². The van der Waals surface area contributed by atoms with Gasteiger partial charge in [0.25, 0.3) is 0 Å². The van der Waals surface area contributed by atoms with Crippen LogP contribution in [0.2, 0.25) is 0 Å². The lowest BCUT2D eigenvalue weighted by molar-refractivity contribution is -0.158. The van der Waals surface area contributed by atoms with E-state index in [1.54, 1.807) is 159 Å². The van der Waals surface area contributed by atoms with Gasteiger partial charge in [-0.2, -0.15) is 0 Å². The van der Waals surface area contributed by atoms with Crippen molar-refractivity contribution in [2.24, 2.45) is 40.4 Å². The topological polar surface area (TPSA) is 526 Å². The molecule has 0 aliphatic heterocycles. The molecule has 0 rings (SSSR count). The molecule has 119 heavy (non-hydrogen) atoms. The van der Waals surface area contributed by atoms with Crippen LogP contribution in [-0.2, 0) is 95.5 Å². The predicted molar refractivity (Wildman–Crippen MR) is 441 cm³/mol. The first kappa shape index (κ1) is 110. The van der Waals surface area contributed by atoms with Crippen LogP contribution in [0.3, 0.4) is 0 Å². The van der Waals surface area contributed by atoms with E-state index in [1.165, 1.54) is 0 Å². The fourth-order valence-corrected chi connectivity index (χ4v) is 11.6. The summed E-state index contributed by atoms with van der Waals surface area (Å²) in [4.78, 5) is 236. The third-order valence-electron chi connectivity index (χ3n) is 17.0. The first-order valence-corrected chi connectivity index (χ1v) is 41.2. The number of amides is 9. The van der Waals surface area contributed by atoms with E-state index in [9.17, 15) is 71.9 Å². The van der Waals surface area contributed by atoms with Gasteiger partial charge in [-0.1, -0.05) is 31.8 Å². The van der Waals surface area contributed by atoms with Gasteiger partial charge in [0.05, 0.1) is 49.5 Å². The van der Waals surface area contributed by atoms with E-state index in [1.807, 2.05) is 0 Å². The number of primary amides is 1. The fraction of sp³-hybridized carbons (Fsp3) is 0.795. The van der Waals surface area contributed by atoms with Gasteiger partial charge < -0.3 is 81.4 Å². The number of nitrogens with zero attached hydrogens (tertiary/aromatic N) is 3. The number of azide groups is 1. The minimum Gasteiger partial charge on any atom is -0.460 e. The summed E-state index contributed by atoms with van der Waals surface area (Å²) in [5.41, 5.74) is 8.44. The van der Waals surface area contributed by atoms with Crippen molar-refractivity contribution < 1.29 is 115 Å². The van der Waals surface area contributed by atoms with Crippen molar-refractivity contribution >= 4 is 101 Å². The average Bonchev–Trinajstić information content (AvgIpc) is 0.853. The van der Waals surface area contributed by atoms with Gasteiger partial charge in [0.15, 0.2) is 23.1 Å². The smallest absolute Gasteiger partial charge is 0.407 e. The fourth-order valence-electron chi connectivity index (χ4n) is 11.6. The first-order valence-electron chi connectivity index (χ1n) is 41.2. The third kappa shape index (κ3) is 56.6. The highest BCUT2D eigenvalue weighted by atomic mass is 16.6. The van der Waals surface area contributed by atoms with Gasteiger partial charge in [-0.05, 0) is 227 Å². The molecule has 0 aliphatic rings. The summed E-state index contributed by atoms with van der Waals surface area (Å²) >= 11 is 0. The quantitative estimate of drug-likeness (QED) is 0.00682. The second kappa shape index (κ2) is 52.5. The molecule has 0 radical (unpaired) electrons. The Morgan fingerprint density at radius 2 is 0.672 bits per heavy atom. The molecule has 0 aliphatic carbocycles. The van der Waals surface area contributed by atoms with Crippen LogP contribution in [0.4, 0.5) is 19.2 Å². The normalized spacial score (nSPS) is 14.0. The Balaban J connectivity index is 7.81. The summed E-state index contributed by atoms with van der Waals surface area (Å²) in [5, 5.41) is 24.5. The maximum absolute atomic E-state index is 15.1. The van der Waals surface area contributed by atoms with Gasteiger partial charge in [-0.3, -0.25) is 62.3 Å². The Morgan fingerprint density at radius 1 is 0.336 bits per heavy atom. The van der Waals surface area contributed by atoms with Crippen LogP contribution in [0.5, 0.6) is 0 Å². The predicted octanol–water partition coefficient (Wildman–Crippen LogP) is 10.4. The van der Waals surface area contributed by atoms with Crippen molar-refractivity contribution in [2.75, 3.05) is 32.7 Å². The molecule has 0 aromatic rings. The number of unbranched alkanes of at least 4 members (excludes halogenated alkanes) is 4. The van der Waals surface area contributed by atoms with Crippen molar-refractivity contribution in [3.63, 3.8) is 0 Å². The molecule has 0 fully saturated rings. The van der Waals surface area contributed by atoms with E-state index in [0.29, 0.717) is 19.3 Å². The number of alkyl carbamates (subject to hydrolysis) is 4. The summed E-state index contributed by atoms with van der Waals surface area (Å²) in [5.74, 6) is -16.5. The second-order valence-electron chi connectivity index (χ2n) is 37.2. The highest BCUT2D eigenvalue weighted by Crippen LogP contribution is 2.26. The van der Waals surface area contributed by atoms with E-state index < -0.39 is 264 Å². The van der Waals surface area contributed by atoms with E-state index in [2.05, 4.69) is 52.6 Å². The van der Waals surface area contributed by atoms with Crippen LogP contribution in [-0.4, -0.2) is 197 Å². The Kier molecular flexibility index (Phi) is 48.3. The SMILES string of the molecule is CC(C)[C@H](CC(=O)[C@H](CCC(=O)OC(C)(C)C)NC(=O)[C@@H](CC(=O)CN=[N+]=[N-])CC(=O)OC(C)(C)C)C(=O)N[C@@H](CC(=O)OC(C)(C)C)C(=O)CCC(=O)N[C@@H](CCCCNC(=O)OC(C)(C)C)C(=O)C[C@@H](CCCCNC(=O)OC(C)(C)C)C(=O)N[C@@H](CCCCNC(=O)OC(C)(C)C)C(=O)C[C@@H](CCCCNC(=O)OC(C)(C)C)C(N)=O. The Morgan fingerprint density at radius 3 is 1.06 bits per heavy atom. The zero-order valence-electron chi connectivity index (χ0n) is 75.0. The molecule has 0 spiro atoms. The van der Waals surface area contributed by atoms with Gasteiger partial charge in [0.1, 0.15) is 45.0 Å². The molecule has 0 bridgehead atoms. The monoisotopic (exact) mass is 1690 g/mol. The van der Waals surface area contributed by atoms with E-state index in [-0.39, 0.29) is 84.0 Å². The Labute approximate surface area is 702 Å². The zero-order chi connectivity index (χ0) is 91.6. The molecule has 0 heterocycles. The highest BCUT2D eigenvalue weighted by molar-refractivity contribution is 5.99. The summed E-state index contributed by atoms with van der Waals surface area (Å²) in [6.07, 6.45) is -6.61. The number of nitrogens with two attached hydrogens (primary N) is 1. The Hall–Kier alpha value is -9.50. The molecule has 10 N–H and O–H groups in total. The zero-order valence-corrected chi connectivity index (χ0v) is 75.0. The number of nitrogens with one attached hydrogen (secondary N) is 8. The maximum Gasteiger partial charge on any atom is 0.407 e. The largest absolute Gasteiger partial charge is 0.460 e. The number of carbonyl (C=O) groups is 17. The third-order valence-corrected chi connectivity index (χ3v) is 17.0. The number of ether oxygens (including phenoxy) is 7. The van der Waals surface area contributed by atoms with Gasteiger partial charge in [0, 0.05) is 93.8 Å². The van der Waals surface area contributed by atoms with Crippen molar-refractivity contribution in [3.8, 4) is 0 Å². The number of hydrogen-bond acceptors (Lipinski definition) is 25. The van der Waals surface area contributed by atoms with E-state index >= 15 is 9.59 Å². The van der Waals surface area contributed by atoms with Crippen LogP contribution >= 0.6 is 0 Å². The van der Waals surface area contributed by atoms with Gasteiger partial charge in [-0.25, -0.2) is 19.2 Å². The Bertz CT molecular complexity index is 3430. The van der Waals surface area contributed by atoms with Crippen LogP contribution in [0, 0.1) is 29.6 Å². The molecule has 9 amide bonds. The standard InChI is InChI=1S/C83H142N12O24/c1-51(2)56(48-64(100)59(36-39-66(102)113-77(3,4)5)93-71(107)54(44-55(96)50-90-95-85)47-67(103)114-78(6,7)8)72(108)94-60(49-68(104)115-79(9,10)11)61(97)37-38-65(101)91-57(34-26-30-42-88-75(111)118-82(18,19)20)63(99)46-53(33-25-29-41-87-74(110)117-81(15,16)17)70(106)92-58(35-27-31-43-89-76(112)119-83(21,22)23)62(98)45-52(69(84)105)32-24-28-40-86-73(109)116-80(12,13)14/h51-54,56-60H,24-50H2,1-23H3,(H2,84,105)(H,86,109)(H,87,110)(H,88,111)(H,89,112)(H,91,101)(H,92,106)(H,93,107)(H,94,108)/t52-,53-,54+,56+,57+,58+,59+,60+/m1/s1. The number of esters is 3. The number of rotatable bonds is 53. The molecule has 0 unspecified atom stereocenters. The lowest BCUT2D eigenvalue weighted by atomic mass is 9.86. The number of carbonyl (C=O) groups excluding carboxylic acids is 17. The molecule has 678 valence electrons. The maximum atomic E-state index is 15.1. The van der Waals surface area contributed by atoms with Crippen molar-refractivity contribution in [1.82, 2.24) is 42.5 Å². The molecule has 0 aromatic heterocycles. The lowest BCUT2D eigenvalue weighted by Crippen LogP contribution is -2.49. The second-order valence-corrected chi connectivity index (χ2v) is 37.2.